The van der Waals surface area contributed by atoms with Gasteiger partial charge in [0.05, 0.1) is 12.2 Å². The molecule has 0 amide bonds. The Kier molecular flexibility index (Phi) is 10.2. The van der Waals surface area contributed by atoms with Crippen LogP contribution in [0.3, 0.4) is 0 Å². The topological polar surface area (TPSA) is 93.9 Å². The average Bonchev–Trinajstić information content (AvgIpc) is 3.51. The Labute approximate surface area is 242 Å². The number of hydrogen-bond acceptors (Lipinski definition) is 5. The van der Waals surface area contributed by atoms with Crippen molar-refractivity contribution >= 4 is 40.3 Å². The average molecular weight is 601 g/mol. The lowest BCUT2D eigenvalue weighted by molar-refractivity contribution is -0.139. The van der Waals surface area contributed by atoms with Crippen molar-refractivity contribution in [1.29, 1.82) is 5.41 Å². The van der Waals surface area contributed by atoms with Crippen LogP contribution in [0.5, 0.6) is 5.75 Å². The zero-order valence-electron chi connectivity index (χ0n) is 23.5. The number of ether oxygens (including phenoxy) is 1. The number of anilines is 1. The predicted octanol–water partition coefficient (Wildman–Crippen LogP) is 6.30. The summed E-state index contributed by atoms with van der Waals surface area (Å²) in [6.07, 6.45) is 4.14. The van der Waals surface area contributed by atoms with Gasteiger partial charge in [-0.3, -0.25) is 10.2 Å². The van der Waals surface area contributed by atoms with Gasteiger partial charge in [-0.25, -0.2) is 4.79 Å². The molecular formula is C31H42BrN3O4. The molecule has 212 valence electrons. The second kappa shape index (κ2) is 13.0. The molecule has 0 radical (unpaired) electrons. The van der Waals surface area contributed by atoms with Crippen molar-refractivity contribution in [2.75, 3.05) is 37.7 Å². The third-order valence-electron chi connectivity index (χ3n) is 7.70. The van der Waals surface area contributed by atoms with E-state index >= 15 is 0 Å². The summed E-state index contributed by atoms with van der Waals surface area (Å²) in [7, 11) is 0. The van der Waals surface area contributed by atoms with Crippen LogP contribution in [0, 0.1) is 11.3 Å². The molecule has 2 aliphatic heterocycles. The number of Topliss-reactive ketones (excluding diaryl/α,β-unsaturated/α-hetero) is 1. The summed E-state index contributed by atoms with van der Waals surface area (Å²) in [6, 6.07) is 13.9. The van der Waals surface area contributed by atoms with E-state index in [1.807, 2.05) is 56.0 Å². The Morgan fingerprint density at radius 3 is 2.36 bits per heavy atom. The number of nitrogens with one attached hydrogen (secondary N) is 1. The van der Waals surface area contributed by atoms with Crippen LogP contribution in [0.2, 0.25) is 0 Å². The summed E-state index contributed by atoms with van der Waals surface area (Å²) in [5.41, 5.74) is 2.99. The van der Waals surface area contributed by atoms with Gasteiger partial charge in [-0.05, 0) is 48.3 Å². The molecule has 0 bridgehead atoms. The molecule has 2 aromatic rings. The fourth-order valence-electron chi connectivity index (χ4n) is 5.85. The summed E-state index contributed by atoms with van der Waals surface area (Å²) in [6.45, 7) is 10.4. The zero-order valence-corrected chi connectivity index (χ0v) is 25.2. The molecule has 2 aromatic carbocycles. The maximum absolute atomic E-state index is 13.8. The van der Waals surface area contributed by atoms with Crippen LogP contribution < -0.4 is 9.64 Å². The van der Waals surface area contributed by atoms with Crippen molar-refractivity contribution in [1.82, 2.24) is 4.90 Å². The number of hydrogen-bond donors (Lipinski definition) is 2. The van der Waals surface area contributed by atoms with Crippen LogP contribution in [-0.2, 0) is 10.2 Å². The maximum atomic E-state index is 13.8. The van der Waals surface area contributed by atoms with Crippen molar-refractivity contribution < 1.29 is 19.4 Å². The van der Waals surface area contributed by atoms with E-state index in [9.17, 15) is 14.7 Å². The minimum absolute atomic E-state index is 0. The summed E-state index contributed by atoms with van der Waals surface area (Å²) in [4.78, 5) is 29.3. The first-order chi connectivity index (χ1) is 18.1. The number of halogens is 1. The normalized spacial score (nSPS) is 19.2. The molecule has 0 aromatic heterocycles. The second-order valence-corrected chi connectivity index (χ2v) is 11.6. The monoisotopic (exact) mass is 599 g/mol. The minimum Gasteiger partial charge on any atom is -0.479 e. The highest BCUT2D eigenvalue weighted by molar-refractivity contribution is 8.93. The van der Waals surface area contributed by atoms with Gasteiger partial charge in [-0.1, -0.05) is 64.4 Å². The summed E-state index contributed by atoms with van der Waals surface area (Å²) in [5.74, 6) is 0.314. The third-order valence-corrected chi connectivity index (χ3v) is 7.70. The lowest BCUT2D eigenvalue weighted by atomic mass is 9.84. The summed E-state index contributed by atoms with van der Waals surface area (Å²) >= 11 is 0. The van der Waals surface area contributed by atoms with Gasteiger partial charge in [0, 0.05) is 36.7 Å². The molecule has 8 heteroatoms. The Balaban J connectivity index is 0.00000420. The van der Waals surface area contributed by atoms with Gasteiger partial charge in [0.15, 0.2) is 12.4 Å². The molecule has 39 heavy (non-hydrogen) atoms. The standard InChI is InChI=1S/C31H41N3O4.BrH/c1-5-11-22-18-34(30(32)28(22)21-12-7-6-8-13-21)19-26(35)23-16-24(31(2,3)4)29(38-20-27(36)37)25(17-23)33-14-9-10-15-33;/h6-8,12-13,16-17,22,28,32H,5,9-11,14-15,18-20H2,1-4H3,(H,36,37);1H/t22-,28+;/m0./s1. The Morgan fingerprint density at radius 1 is 1.10 bits per heavy atom. The molecule has 0 spiro atoms. The SMILES string of the molecule is Br.CCC[C@H]1CN(CC(=O)c2cc(N3CCCC3)c(OCC(=O)O)c(C(C)(C)C)c2)C(=N)[C@@H]1c1ccccc1. The number of nitrogens with zero attached hydrogens (tertiary/aromatic N) is 2. The van der Waals surface area contributed by atoms with E-state index in [1.54, 1.807) is 0 Å². The van der Waals surface area contributed by atoms with Gasteiger partial charge in [0.2, 0.25) is 0 Å². The maximum Gasteiger partial charge on any atom is 0.341 e. The van der Waals surface area contributed by atoms with E-state index in [4.69, 9.17) is 10.1 Å². The number of benzene rings is 2. The second-order valence-electron chi connectivity index (χ2n) is 11.6. The highest BCUT2D eigenvalue weighted by atomic mass is 79.9. The highest BCUT2D eigenvalue weighted by Gasteiger charge is 2.39. The van der Waals surface area contributed by atoms with E-state index in [1.165, 1.54) is 0 Å². The van der Waals surface area contributed by atoms with Gasteiger partial charge >= 0.3 is 5.97 Å². The lowest BCUT2D eigenvalue weighted by Gasteiger charge is -2.29. The van der Waals surface area contributed by atoms with Crippen LogP contribution in [0.25, 0.3) is 0 Å². The fourth-order valence-corrected chi connectivity index (χ4v) is 5.85. The number of likely N-dealkylation sites (tertiary alicyclic amines) is 1. The fraction of sp³-hybridized carbons (Fsp3) is 0.516. The predicted molar refractivity (Wildman–Crippen MR) is 161 cm³/mol. The van der Waals surface area contributed by atoms with Crippen molar-refractivity contribution in [2.24, 2.45) is 5.92 Å². The van der Waals surface area contributed by atoms with E-state index in [2.05, 4.69) is 24.0 Å². The number of ketones is 1. The van der Waals surface area contributed by atoms with Crippen LogP contribution in [0.4, 0.5) is 5.69 Å². The molecule has 2 aliphatic rings. The van der Waals surface area contributed by atoms with Crippen LogP contribution >= 0.6 is 17.0 Å². The van der Waals surface area contributed by atoms with Crippen LogP contribution in [0.1, 0.15) is 80.8 Å². The van der Waals surface area contributed by atoms with Gasteiger partial charge in [-0.2, -0.15) is 0 Å². The molecule has 2 saturated heterocycles. The molecule has 7 nitrogen and oxygen atoms in total. The molecular weight excluding hydrogens is 558 g/mol. The smallest absolute Gasteiger partial charge is 0.341 e. The highest BCUT2D eigenvalue weighted by Crippen LogP contribution is 2.42. The van der Waals surface area contributed by atoms with E-state index < -0.39 is 12.6 Å². The largest absolute Gasteiger partial charge is 0.479 e. The molecule has 2 atom stereocenters. The molecule has 0 aliphatic carbocycles. The van der Waals surface area contributed by atoms with Gasteiger partial charge < -0.3 is 19.6 Å². The van der Waals surface area contributed by atoms with Crippen molar-refractivity contribution in [3.05, 3.63) is 59.2 Å². The number of carbonyl (C=O) groups is 2. The molecule has 2 heterocycles. The molecule has 0 saturated carbocycles. The van der Waals surface area contributed by atoms with Crippen molar-refractivity contribution in [2.45, 2.75) is 64.7 Å². The zero-order chi connectivity index (χ0) is 27.4. The molecule has 2 fully saturated rings. The number of amidine groups is 1. The number of carboxylic acids is 1. The van der Waals surface area contributed by atoms with E-state index in [-0.39, 0.29) is 40.6 Å². The van der Waals surface area contributed by atoms with E-state index in [0.717, 1.165) is 55.6 Å². The quantitative estimate of drug-likeness (QED) is 0.311. The number of carbonyl (C=O) groups excluding carboxylic acids is 1. The molecule has 2 N–H and O–H groups in total. The molecule has 0 unspecified atom stereocenters. The Hall–Kier alpha value is -2.87. The minimum atomic E-state index is -1.03. The number of carboxylic acid groups (broad SMARTS) is 1. The Bertz CT molecular complexity index is 1170. The molecule has 4 rings (SSSR count). The van der Waals surface area contributed by atoms with Gasteiger partial charge in [0.1, 0.15) is 11.6 Å². The van der Waals surface area contributed by atoms with Crippen LogP contribution in [-0.4, -0.2) is 60.4 Å². The first kappa shape index (κ1) is 30.7. The first-order valence-corrected chi connectivity index (χ1v) is 13.8. The van der Waals surface area contributed by atoms with Gasteiger partial charge in [-0.15, -0.1) is 17.0 Å². The number of aliphatic carboxylic acids is 1. The lowest BCUT2D eigenvalue weighted by Crippen LogP contribution is -2.32. The summed E-state index contributed by atoms with van der Waals surface area (Å²) < 4.78 is 5.86. The van der Waals surface area contributed by atoms with E-state index in [0.29, 0.717) is 29.6 Å². The third kappa shape index (κ3) is 7.02. The summed E-state index contributed by atoms with van der Waals surface area (Å²) in [5, 5.41) is 18.3. The van der Waals surface area contributed by atoms with Crippen LogP contribution in [0.15, 0.2) is 42.5 Å². The van der Waals surface area contributed by atoms with Crippen molar-refractivity contribution in [3.8, 4) is 5.75 Å². The Morgan fingerprint density at radius 2 is 1.77 bits per heavy atom. The van der Waals surface area contributed by atoms with Crippen molar-refractivity contribution in [3.63, 3.8) is 0 Å². The van der Waals surface area contributed by atoms with Gasteiger partial charge in [0.25, 0.3) is 0 Å². The number of rotatable bonds is 10. The first-order valence-electron chi connectivity index (χ1n) is 13.8.